The Morgan fingerprint density at radius 3 is 2.45 bits per heavy atom. The quantitative estimate of drug-likeness (QED) is 0.298. The monoisotopic (exact) mass is 472 g/mol. The Morgan fingerprint density at radius 1 is 1.15 bits per heavy atom. The molecule has 2 N–H and O–H groups in total. The predicted octanol–water partition coefficient (Wildman–Crippen LogP) is 3.05. The van der Waals surface area contributed by atoms with Gasteiger partial charge in [0.25, 0.3) is 5.91 Å². The van der Waals surface area contributed by atoms with Crippen LogP contribution in [0.2, 0.25) is 5.02 Å². The smallest absolute Gasteiger partial charge is 0.303 e. The first-order valence-corrected chi connectivity index (χ1v) is 10.5. The number of nitrogens with one attached hydrogen (secondary N) is 2. The van der Waals surface area contributed by atoms with Crippen molar-refractivity contribution in [3.63, 3.8) is 0 Å². The van der Waals surface area contributed by atoms with Gasteiger partial charge in [-0.25, -0.2) is 4.39 Å². The Bertz CT molecular complexity index is 1060. The van der Waals surface area contributed by atoms with Crippen LogP contribution in [0, 0.1) is 17.3 Å². The van der Waals surface area contributed by atoms with Gasteiger partial charge in [0, 0.05) is 44.5 Å². The van der Waals surface area contributed by atoms with Gasteiger partial charge in [0.05, 0.1) is 10.7 Å². The molecule has 1 fully saturated rings. The summed E-state index contributed by atoms with van der Waals surface area (Å²) >= 11 is 6.08. The number of nitriles is 1. The third-order valence-corrected chi connectivity index (χ3v) is 5.17. The number of para-hydroxylation sites is 1. The summed E-state index contributed by atoms with van der Waals surface area (Å²) in [5.41, 5.74) is 1.61. The molecule has 0 aliphatic carbocycles. The van der Waals surface area contributed by atoms with Gasteiger partial charge in [-0.3, -0.25) is 9.59 Å². The van der Waals surface area contributed by atoms with Gasteiger partial charge in [-0.2, -0.15) is 5.26 Å². The minimum Gasteiger partial charge on any atom is -0.456 e. The summed E-state index contributed by atoms with van der Waals surface area (Å²) < 4.78 is 18.8. The molecule has 0 spiro atoms. The second-order valence-corrected chi connectivity index (χ2v) is 7.51. The molecule has 0 unspecified atom stereocenters. The van der Waals surface area contributed by atoms with Crippen LogP contribution < -0.4 is 15.5 Å². The lowest BCUT2D eigenvalue weighted by molar-refractivity contribution is -0.144. The maximum absolute atomic E-state index is 14.1. The molecule has 3 rings (SSSR count). The van der Waals surface area contributed by atoms with Crippen LogP contribution in [-0.4, -0.2) is 55.5 Å². The summed E-state index contributed by atoms with van der Waals surface area (Å²) in [6, 6.07) is 11.6. The molecular formula is C22H22ClFN6O3. The first kappa shape index (κ1) is 23.8. The number of nitrogens with zero attached hydrogens (tertiary/aromatic N) is 4. The van der Waals surface area contributed by atoms with E-state index in [4.69, 9.17) is 16.9 Å². The fourth-order valence-electron chi connectivity index (χ4n) is 3.25. The topological polar surface area (TPSA) is 110 Å². The fraction of sp³-hybridized carbons (Fsp3) is 0.273. The van der Waals surface area contributed by atoms with Crippen LogP contribution in [-0.2, 0) is 14.3 Å². The van der Waals surface area contributed by atoms with Crippen molar-refractivity contribution in [2.45, 2.75) is 6.92 Å². The molecule has 33 heavy (non-hydrogen) atoms. The average molecular weight is 473 g/mol. The molecule has 9 nitrogen and oxygen atoms in total. The zero-order valence-electron chi connectivity index (χ0n) is 17.8. The molecular weight excluding hydrogens is 451 g/mol. The van der Waals surface area contributed by atoms with Crippen LogP contribution in [0.3, 0.4) is 0 Å². The highest BCUT2D eigenvalue weighted by Gasteiger charge is 2.22. The number of benzene rings is 2. The van der Waals surface area contributed by atoms with E-state index in [9.17, 15) is 14.0 Å². The van der Waals surface area contributed by atoms with E-state index in [1.54, 1.807) is 24.4 Å². The number of rotatable bonds is 5. The van der Waals surface area contributed by atoms with E-state index in [-0.39, 0.29) is 23.3 Å². The number of aliphatic imine (C=N–C) groups is 1. The lowest BCUT2D eigenvalue weighted by Gasteiger charge is -2.37. The van der Waals surface area contributed by atoms with Gasteiger partial charge in [0.2, 0.25) is 12.2 Å². The van der Waals surface area contributed by atoms with Crippen molar-refractivity contribution in [2.24, 2.45) is 4.99 Å². The van der Waals surface area contributed by atoms with Crippen molar-refractivity contribution >= 4 is 46.5 Å². The molecule has 1 saturated heterocycles. The second kappa shape index (κ2) is 11.2. The number of piperazine rings is 1. The summed E-state index contributed by atoms with van der Waals surface area (Å²) in [6.45, 7) is 3.26. The molecule has 1 heterocycles. The van der Waals surface area contributed by atoms with E-state index in [2.05, 4.69) is 25.3 Å². The van der Waals surface area contributed by atoms with Gasteiger partial charge < -0.3 is 25.2 Å². The van der Waals surface area contributed by atoms with E-state index >= 15 is 0 Å². The molecule has 1 aliphatic rings. The highest BCUT2D eigenvalue weighted by atomic mass is 35.5. The number of guanidine groups is 1. The molecule has 0 saturated carbocycles. The van der Waals surface area contributed by atoms with Gasteiger partial charge in [-0.05, 0) is 36.4 Å². The standard InChI is InChI=1S/C22H22ClFN6O3/c1-15(31)33-13-20(32)27-16-5-7-17(8-6-16)29-9-11-30(12-10-29)22(26-14-25)28-21-18(23)3-2-4-19(21)24/h2-8H,9-13H2,1H3,(H,26,28)(H,27,32). The molecule has 1 aliphatic heterocycles. The van der Waals surface area contributed by atoms with Crippen molar-refractivity contribution in [3.8, 4) is 6.19 Å². The van der Waals surface area contributed by atoms with Crippen molar-refractivity contribution in [1.29, 1.82) is 5.26 Å². The molecule has 0 atom stereocenters. The third kappa shape index (κ3) is 6.57. The molecule has 0 radical (unpaired) electrons. The number of amides is 1. The number of ether oxygens (including phenoxy) is 1. The number of esters is 1. The first-order chi connectivity index (χ1) is 15.9. The van der Waals surface area contributed by atoms with Gasteiger partial charge in [-0.1, -0.05) is 17.7 Å². The molecule has 1 amide bonds. The van der Waals surface area contributed by atoms with Gasteiger partial charge in [0.1, 0.15) is 5.82 Å². The lowest BCUT2D eigenvalue weighted by atomic mass is 10.2. The van der Waals surface area contributed by atoms with Gasteiger partial charge >= 0.3 is 5.97 Å². The maximum Gasteiger partial charge on any atom is 0.303 e. The van der Waals surface area contributed by atoms with Crippen molar-refractivity contribution in [3.05, 3.63) is 53.3 Å². The highest BCUT2D eigenvalue weighted by Crippen LogP contribution is 2.25. The summed E-state index contributed by atoms with van der Waals surface area (Å²) in [5.74, 6) is -1.24. The molecule has 11 heteroatoms. The number of halogens is 2. The zero-order valence-corrected chi connectivity index (χ0v) is 18.6. The van der Waals surface area contributed by atoms with Crippen molar-refractivity contribution < 1.29 is 18.7 Å². The van der Waals surface area contributed by atoms with E-state index in [1.807, 2.05) is 17.0 Å². The largest absolute Gasteiger partial charge is 0.456 e. The molecule has 2 aromatic rings. The number of hydrogen-bond acceptors (Lipinski definition) is 6. The number of hydrogen-bond donors (Lipinski definition) is 2. The molecule has 0 bridgehead atoms. The Labute approximate surface area is 195 Å². The lowest BCUT2D eigenvalue weighted by Crippen LogP contribution is -2.50. The number of carbonyl (C=O) groups is 2. The Kier molecular flexibility index (Phi) is 8.05. The van der Waals surface area contributed by atoms with Crippen LogP contribution in [0.1, 0.15) is 6.92 Å². The van der Waals surface area contributed by atoms with E-state index in [0.717, 1.165) is 5.69 Å². The van der Waals surface area contributed by atoms with Crippen molar-refractivity contribution in [2.75, 3.05) is 48.3 Å². The average Bonchev–Trinajstić information content (AvgIpc) is 2.80. The normalized spacial score (nSPS) is 13.8. The summed E-state index contributed by atoms with van der Waals surface area (Å²) in [6.07, 6.45) is 1.75. The molecule has 0 aromatic heterocycles. The van der Waals surface area contributed by atoms with Crippen LogP contribution in [0.15, 0.2) is 47.5 Å². The summed E-state index contributed by atoms with van der Waals surface area (Å²) in [7, 11) is 0. The number of anilines is 3. The highest BCUT2D eigenvalue weighted by molar-refractivity contribution is 6.33. The summed E-state index contributed by atoms with van der Waals surface area (Å²) in [5, 5.41) is 14.8. The Hall–Kier alpha value is -3.84. The Balaban J connectivity index is 1.58. The van der Waals surface area contributed by atoms with Gasteiger partial charge in [-0.15, -0.1) is 4.99 Å². The van der Waals surface area contributed by atoms with E-state index in [1.165, 1.54) is 19.1 Å². The minimum atomic E-state index is -0.535. The SMILES string of the molecule is CC(=O)OCC(=O)Nc1ccc(N2CCN(/C(=N\C#N)Nc3c(F)cccc3Cl)CC2)cc1. The molecule has 2 aromatic carbocycles. The molecule has 172 valence electrons. The zero-order chi connectivity index (χ0) is 23.8. The number of carbonyl (C=O) groups excluding carboxylic acids is 2. The van der Waals surface area contributed by atoms with Crippen LogP contribution >= 0.6 is 11.6 Å². The second-order valence-electron chi connectivity index (χ2n) is 7.11. The first-order valence-electron chi connectivity index (χ1n) is 10.1. The minimum absolute atomic E-state index is 0.0712. The fourth-order valence-corrected chi connectivity index (χ4v) is 3.46. The Morgan fingerprint density at radius 2 is 1.85 bits per heavy atom. The van der Waals surface area contributed by atoms with Crippen LogP contribution in [0.4, 0.5) is 21.5 Å². The van der Waals surface area contributed by atoms with Crippen LogP contribution in [0.5, 0.6) is 0 Å². The van der Waals surface area contributed by atoms with E-state index < -0.39 is 17.7 Å². The van der Waals surface area contributed by atoms with E-state index in [0.29, 0.717) is 31.9 Å². The third-order valence-electron chi connectivity index (χ3n) is 4.86. The summed E-state index contributed by atoms with van der Waals surface area (Å²) in [4.78, 5) is 30.3. The van der Waals surface area contributed by atoms with Gasteiger partial charge in [0.15, 0.2) is 6.61 Å². The van der Waals surface area contributed by atoms with Crippen molar-refractivity contribution in [1.82, 2.24) is 4.90 Å². The predicted molar refractivity (Wildman–Crippen MR) is 124 cm³/mol. The maximum atomic E-state index is 14.1. The van der Waals surface area contributed by atoms with Crippen LogP contribution in [0.25, 0.3) is 0 Å².